The molecule has 0 aromatic heterocycles. The van der Waals surface area contributed by atoms with Crippen molar-refractivity contribution in [1.82, 2.24) is 5.32 Å². The fourth-order valence-electron chi connectivity index (χ4n) is 2.25. The molecule has 0 bridgehead atoms. The van der Waals surface area contributed by atoms with Gasteiger partial charge in [-0.25, -0.2) is 4.39 Å². The summed E-state index contributed by atoms with van der Waals surface area (Å²) >= 11 is 0. The van der Waals surface area contributed by atoms with Gasteiger partial charge in [0.25, 0.3) is 0 Å². The van der Waals surface area contributed by atoms with Gasteiger partial charge in [0.05, 0.1) is 0 Å². The number of Topliss-reactive ketones (excluding diaryl/α,β-unsaturated/α-hetero) is 1. The molecule has 0 spiro atoms. The first kappa shape index (κ1) is 13.8. The van der Waals surface area contributed by atoms with Gasteiger partial charge in [-0.3, -0.25) is 4.79 Å². The second kappa shape index (κ2) is 5.92. The van der Waals surface area contributed by atoms with E-state index in [-0.39, 0.29) is 11.4 Å². The van der Waals surface area contributed by atoms with Crippen molar-refractivity contribution in [1.29, 1.82) is 0 Å². The molecule has 0 aromatic carbocycles. The van der Waals surface area contributed by atoms with Crippen LogP contribution in [0.3, 0.4) is 0 Å². The van der Waals surface area contributed by atoms with Gasteiger partial charge in [0, 0.05) is 12.0 Å². The third-order valence-electron chi connectivity index (χ3n) is 3.35. The number of nitrogens with one attached hydrogen (secondary N) is 1. The van der Waals surface area contributed by atoms with Crippen LogP contribution < -0.4 is 5.32 Å². The minimum absolute atomic E-state index is 0.0419. The van der Waals surface area contributed by atoms with Crippen LogP contribution in [0.2, 0.25) is 0 Å². The summed E-state index contributed by atoms with van der Waals surface area (Å²) in [5.41, 5.74) is -0.650. The zero-order valence-corrected chi connectivity index (χ0v) is 10.6. The van der Waals surface area contributed by atoms with Crippen molar-refractivity contribution in [3.05, 3.63) is 36.2 Å². The Morgan fingerprint density at radius 3 is 2.76 bits per heavy atom. The van der Waals surface area contributed by atoms with Gasteiger partial charge < -0.3 is 5.32 Å². The summed E-state index contributed by atoms with van der Waals surface area (Å²) in [7, 11) is 1.69. The average molecular weight is 237 g/mol. The van der Waals surface area contributed by atoms with Gasteiger partial charge in [-0.15, -0.1) is 0 Å². The van der Waals surface area contributed by atoms with E-state index in [0.717, 1.165) is 12.8 Å². The van der Waals surface area contributed by atoms with Crippen LogP contribution in [0, 0.1) is 0 Å². The third kappa shape index (κ3) is 2.72. The van der Waals surface area contributed by atoms with Crippen LogP contribution in [0.1, 0.15) is 32.6 Å². The Labute approximate surface area is 102 Å². The maximum absolute atomic E-state index is 13.9. The molecule has 3 heteroatoms. The normalized spacial score (nSPS) is 26.5. The molecule has 1 N–H and O–H groups in total. The highest BCUT2D eigenvalue weighted by atomic mass is 19.1. The predicted octanol–water partition coefficient (Wildman–Crippen LogP) is 3.07. The molecule has 17 heavy (non-hydrogen) atoms. The van der Waals surface area contributed by atoms with E-state index in [4.69, 9.17) is 0 Å². The monoisotopic (exact) mass is 237 g/mol. The maximum Gasteiger partial charge on any atom is 0.157 e. The Bertz CT molecular complexity index is 370. The smallest absolute Gasteiger partial charge is 0.157 e. The quantitative estimate of drug-likeness (QED) is 0.761. The van der Waals surface area contributed by atoms with Crippen LogP contribution in [0.5, 0.6) is 0 Å². The van der Waals surface area contributed by atoms with Crippen LogP contribution in [0.15, 0.2) is 36.2 Å². The number of carbonyl (C=O) groups excluding carboxylic acids is 1. The Balaban J connectivity index is 3.00. The number of likely N-dealkylation sites (N-methyl/N-ethyl adjacent to an activating group) is 1. The SMILES string of the molecule is C=C(/C(F)=C\C=C/C)[C@@]1(NC)CCCCC1=O. The summed E-state index contributed by atoms with van der Waals surface area (Å²) in [6, 6.07) is 0. The summed E-state index contributed by atoms with van der Waals surface area (Å²) in [6.45, 7) is 5.58. The second-order valence-corrected chi connectivity index (χ2v) is 4.30. The van der Waals surface area contributed by atoms with Crippen molar-refractivity contribution in [3.63, 3.8) is 0 Å². The van der Waals surface area contributed by atoms with Gasteiger partial charge in [-0.1, -0.05) is 25.2 Å². The lowest BCUT2D eigenvalue weighted by molar-refractivity contribution is -0.125. The highest BCUT2D eigenvalue weighted by molar-refractivity contribution is 5.93. The highest BCUT2D eigenvalue weighted by Gasteiger charge is 2.42. The van der Waals surface area contributed by atoms with E-state index in [2.05, 4.69) is 11.9 Å². The lowest BCUT2D eigenvalue weighted by Gasteiger charge is -2.36. The highest BCUT2D eigenvalue weighted by Crippen LogP contribution is 2.34. The lowest BCUT2D eigenvalue weighted by atomic mass is 9.75. The number of halogens is 1. The molecule has 0 heterocycles. The second-order valence-electron chi connectivity index (χ2n) is 4.30. The molecular formula is C14H20FNO. The molecule has 2 nitrogen and oxygen atoms in total. The molecule has 1 rings (SSSR count). The van der Waals surface area contributed by atoms with Crippen LogP contribution in [0.25, 0.3) is 0 Å². The van der Waals surface area contributed by atoms with Crippen molar-refractivity contribution in [2.24, 2.45) is 0 Å². The van der Waals surface area contributed by atoms with Gasteiger partial charge >= 0.3 is 0 Å². The summed E-state index contributed by atoms with van der Waals surface area (Å²) in [4.78, 5) is 12.0. The van der Waals surface area contributed by atoms with Gasteiger partial charge in [-0.05, 0) is 32.9 Å². The van der Waals surface area contributed by atoms with Crippen molar-refractivity contribution >= 4 is 5.78 Å². The van der Waals surface area contributed by atoms with Crippen molar-refractivity contribution in [2.45, 2.75) is 38.1 Å². The zero-order chi connectivity index (χ0) is 12.9. The number of rotatable bonds is 4. The van der Waals surface area contributed by atoms with Crippen LogP contribution in [0.4, 0.5) is 4.39 Å². The Kier molecular flexibility index (Phi) is 4.82. The van der Waals surface area contributed by atoms with Crippen molar-refractivity contribution in [2.75, 3.05) is 7.05 Å². The Morgan fingerprint density at radius 1 is 1.53 bits per heavy atom. The van der Waals surface area contributed by atoms with E-state index in [1.165, 1.54) is 6.08 Å². The molecule has 0 saturated heterocycles. The van der Waals surface area contributed by atoms with E-state index in [1.54, 1.807) is 19.2 Å². The Hall–Kier alpha value is -1.22. The minimum Gasteiger partial charge on any atom is -0.304 e. The summed E-state index contributed by atoms with van der Waals surface area (Å²) in [6.07, 6.45) is 7.62. The molecule has 1 atom stereocenters. The molecular weight excluding hydrogens is 217 g/mol. The standard InChI is InChI=1S/C14H20FNO/c1-4-5-8-12(15)11(2)14(16-3)10-7-6-9-13(14)17/h4-5,8,16H,2,6-7,9-10H2,1,3H3/b5-4-,12-8+/t14-/m0/s1. The van der Waals surface area contributed by atoms with Crippen molar-refractivity contribution in [3.8, 4) is 0 Å². The Morgan fingerprint density at radius 2 is 2.24 bits per heavy atom. The van der Waals surface area contributed by atoms with E-state index in [1.807, 2.05) is 6.92 Å². The zero-order valence-electron chi connectivity index (χ0n) is 10.6. The topological polar surface area (TPSA) is 29.1 Å². The van der Waals surface area contributed by atoms with Crippen molar-refractivity contribution < 1.29 is 9.18 Å². The summed E-state index contributed by atoms with van der Waals surface area (Å²) in [5.74, 6) is -0.382. The predicted molar refractivity (Wildman–Crippen MR) is 68.4 cm³/mol. The van der Waals surface area contributed by atoms with Gasteiger partial charge in [0.15, 0.2) is 5.78 Å². The number of ketones is 1. The van der Waals surface area contributed by atoms with Crippen LogP contribution >= 0.6 is 0 Å². The average Bonchev–Trinajstić information content (AvgIpc) is 2.36. The molecule has 1 aliphatic carbocycles. The van der Waals surface area contributed by atoms with Gasteiger partial charge in [0.1, 0.15) is 11.4 Å². The summed E-state index contributed by atoms with van der Waals surface area (Å²) < 4.78 is 13.9. The van der Waals surface area contributed by atoms with E-state index < -0.39 is 11.4 Å². The molecule has 94 valence electrons. The molecule has 0 radical (unpaired) electrons. The number of hydrogen-bond donors (Lipinski definition) is 1. The third-order valence-corrected chi connectivity index (χ3v) is 3.35. The maximum atomic E-state index is 13.9. The first-order valence-corrected chi connectivity index (χ1v) is 5.99. The molecule has 0 aliphatic heterocycles. The minimum atomic E-state index is -0.902. The largest absolute Gasteiger partial charge is 0.304 e. The molecule has 1 fully saturated rings. The number of carbonyl (C=O) groups is 1. The van der Waals surface area contributed by atoms with Gasteiger partial charge in [0.2, 0.25) is 0 Å². The first-order chi connectivity index (χ1) is 8.08. The fourth-order valence-corrected chi connectivity index (χ4v) is 2.25. The van der Waals surface area contributed by atoms with Crippen LogP contribution in [-0.2, 0) is 4.79 Å². The number of allylic oxidation sites excluding steroid dienone is 3. The van der Waals surface area contributed by atoms with Gasteiger partial charge in [-0.2, -0.15) is 0 Å². The molecule has 0 unspecified atom stereocenters. The van der Waals surface area contributed by atoms with E-state index >= 15 is 0 Å². The molecule has 0 amide bonds. The molecule has 1 saturated carbocycles. The molecule has 1 aliphatic rings. The van der Waals surface area contributed by atoms with E-state index in [9.17, 15) is 9.18 Å². The summed E-state index contributed by atoms with van der Waals surface area (Å²) in [5, 5.41) is 2.97. The van der Waals surface area contributed by atoms with Crippen LogP contribution in [-0.4, -0.2) is 18.4 Å². The van der Waals surface area contributed by atoms with E-state index in [0.29, 0.717) is 12.8 Å². The number of hydrogen-bond acceptors (Lipinski definition) is 2. The fraction of sp³-hybridized carbons (Fsp3) is 0.500. The first-order valence-electron chi connectivity index (χ1n) is 5.99. The lowest BCUT2D eigenvalue weighted by Crippen LogP contribution is -2.53. The molecule has 0 aromatic rings.